The molecular formula is C18H34O4. The third-order valence-corrected chi connectivity index (χ3v) is 3.53. The van der Waals surface area contributed by atoms with E-state index in [1.165, 1.54) is 25.7 Å². The Morgan fingerprint density at radius 1 is 0.591 bits per heavy atom. The van der Waals surface area contributed by atoms with Crippen LogP contribution in [0.1, 0.15) is 90.9 Å². The highest BCUT2D eigenvalue weighted by atomic mass is 16.5. The molecule has 0 aliphatic carbocycles. The van der Waals surface area contributed by atoms with Crippen LogP contribution < -0.4 is 0 Å². The average Bonchev–Trinajstić information content (AvgIpc) is 2.51. The van der Waals surface area contributed by atoms with Gasteiger partial charge in [0.25, 0.3) is 0 Å². The van der Waals surface area contributed by atoms with Crippen LogP contribution in [-0.4, -0.2) is 25.2 Å². The number of carbonyl (C=O) groups excluding carboxylic acids is 2. The minimum atomic E-state index is -0.107. The zero-order valence-corrected chi connectivity index (χ0v) is 14.5. The maximum absolute atomic E-state index is 11.4. The van der Waals surface area contributed by atoms with E-state index in [-0.39, 0.29) is 11.9 Å². The third-order valence-electron chi connectivity index (χ3n) is 3.53. The van der Waals surface area contributed by atoms with E-state index < -0.39 is 0 Å². The lowest BCUT2D eigenvalue weighted by molar-refractivity contribution is -0.146. The third kappa shape index (κ3) is 15.3. The standard InChI is InChI=1S/C18H34O4/c1-3-5-7-9-13-17(19)21-15-11-12-16-22-18(20)14-10-8-6-4-2/h3-16H2,1-2H3. The van der Waals surface area contributed by atoms with Crippen molar-refractivity contribution in [2.24, 2.45) is 0 Å². The summed E-state index contributed by atoms with van der Waals surface area (Å²) in [5.74, 6) is -0.215. The molecule has 0 aromatic heterocycles. The van der Waals surface area contributed by atoms with Crippen molar-refractivity contribution in [2.45, 2.75) is 90.9 Å². The summed E-state index contributed by atoms with van der Waals surface area (Å²) >= 11 is 0. The predicted octanol–water partition coefficient (Wildman–Crippen LogP) is 4.79. The quantitative estimate of drug-likeness (QED) is 0.322. The highest BCUT2D eigenvalue weighted by Gasteiger charge is 2.04. The molecule has 0 fully saturated rings. The fraction of sp³-hybridized carbons (Fsp3) is 0.889. The molecule has 0 radical (unpaired) electrons. The monoisotopic (exact) mass is 314 g/mol. The van der Waals surface area contributed by atoms with Gasteiger partial charge in [-0.2, -0.15) is 0 Å². The predicted molar refractivity (Wildman–Crippen MR) is 88.7 cm³/mol. The van der Waals surface area contributed by atoms with Crippen molar-refractivity contribution < 1.29 is 19.1 Å². The van der Waals surface area contributed by atoms with E-state index in [1.54, 1.807) is 0 Å². The molecule has 0 aliphatic rings. The van der Waals surface area contributed by atoms with Crippen LogP contribution in [0.25, 0.3) is 0 Å². The fourth-order valence-electron chi connectivity index (χ4n) is 2.11. The summed E-state index contributed by atoms with van der Waals surface area (Å²) < 4.78 is 10.3. The molecule has 0 amide bonds. The minimum absolute atomic E-state index is 0.107. The van der Waals surface area contributed by atoms with Crippen molar-refractivity contribution in [1.82, 2.24) is 0 Å². The number of rotatable bonds is 15. The Hall–Kier alpha value is -1.06. The van der Waals surface area contributed by atoms with Gasteiger partial charge in [-0.15, -0.1) is 0 Å². The second-order valence-corrected chi connectivity index (χ2v) is 5.77. The second-order valence-electron chi connectivity index (χ2n) is 5.77. The Bertz CT molecular complexity index is 248. The van der Waals surface area contributed by atoms with Gasteiger partial charge in [-0.3, -0.25) is 9.59 Å². The molecule has 0 saturated carbocycles. The molecule has 0 unspecified atom stereocenters. The first-order valence-corrected chi connectivity index (χ1v) is 9.02. The van der Waals surface area contributed by atoms with Crippen molar-refractivity contribution in [3.8, 4) is 0 Å². The van der Waals surface area contributed by atoms with Crippen LogP contribution in [-0.2, 0) is 19.1 Å². The van der Waals surface area contributed by atoms with E-state index in [2.05, 4.69) is 13.8 Å². The Kier molecular flexibility index (Phi) is 15.5. The van der Waals surface area contributed by atoms with Gasteiger partial charge in [0.15, 0.2) is 0 Å². The highest BCUT2D eigenvalue weighted by Crippen LogP contribution is 2.05. The maximum atomic E-state index is 11.4. The molecule has 0 spiro atoms. The van der Waals surface area contributed by atoms with Crippen LogP contribution in [0, 0.1) is 0 Å². The number of esters is 2. The second kappa shape index (κ2) is 16.3. The van der Waals surface area contributed by atoms with E-state index in [1.807, 2.05) is 0 Å². The van der Waals surface area contributed by atoms with E-state index in [0.717, 1.165) is 38.5 Å². The number of unbranched alkanes of at least 4 members (excludes halogenated alkanes) is 7. The van der Waals surface area contributed by atoms with Gasteiger partial charge in [-0.1, -0.05) is 52.4 Å². The smallest absolute Gasteiger partial charge is 0.305 e. The number of carbonyl (C=O) groups is 2. The summed E-state index contributed by atoms with van der Waals surface area (Å²) in [6, 6.07) is 0. The number of hydrogen-bond donors (Lipinski definition) is 0. The summed E-state index contributed by atoms with van der Waals surface area (Å²) in [5.41, 5.74) is 0. The van der Waals surface area contributed by atoms with E-state index in [0.29, 0.717) is 26.1 Å². The average molecular weight is 314 g/mol. The lowest BCUT2D eigenvalue weighted by atomic mass is 10.1. The van der Waals surface area contributed by atoms with Crippen LogP contribution in [0.15, 0.2) is 0 Å². The molecule has 0 aromatic rings. The Labute approximate surface area is 135 Å². The Balaban J connectivity index is 3.28. The molecule has 0 heterocycles. The fourth-order valence-corrected chi connectivity index (χ4v) is 2.11. The van der Waals surface area contributed by atoms with Crippen molar-refractivity contribution >= 4 is 11.9 Å². The topological polar surface area (TPSA) is 52.6 Å². The van der Waals surface area contributed by atoms with Crippen LogP contribution in [0.3, 0.4) is 0 Å². The van der Waals surface area contributed by atoms with E-state index in [9.17, 15) is 9.59 Å². The molecule has 22 heavy (non-hydrogen) atoms. The molecule has 130 valence electrons. The molecule has 0 saturated heterocycles. The van der Waals surface area contributed by atoms with Gasteiger partial charge < -0.3 is 9.47 Å². The van der Waals surface area contributed by atoms with Gasteiger partial charge in [-0.25, -0.2) is 0 Å². The number of hydrogen-bond acceptors (Lipinski definition) is 4. The van der Waals surface area contributed by atoms with E-state index >= 15 is 0 Å². The van der Waals surface area contributed by atoms with Gasteiger partial charge in [0, 0.05) is 12.8 Å². The van der Waals surface area contributed by atoms with E-state index in [4.69, 9.17) is 9.47 Å². The van der Waals surface area contributed by atoms with Gasteiger partial charge in [0.1, 0.15) is 0 Å². The molecule has 0 N–H and O–H groups in total. The first kappa shape index (κ1) is 20.9. The number of ether oxygens (including phenoxy) is 2. The first-order valence-electron chi connectivity index (χ1n) is 9.02. The van der Waals surface area contributed by atoms with Crippen molar-refractivity contribution in [3.05, 3.63) is 0 Å². The minimum Gasteiger partial charge on any atom is -0.466 e. The summed E-state index contributed by atoms with van der Waals surface area (Å²) in [6.07, 6.45) is 11.3. The van der Waals surface area contributed by atoms with Crippen LogP contribution in [0.2, 0.25) is 0 Å². The van der Waals surface area contributed by atoms with Gasteiger partial charge in [0.05, 0.1) is 13.2 Å². The molecule has 0 atom stereocenters. The first-order chi connectivity index (χ1) is 10.7. The lowest BCUT2D eigenvalue weighted by Crippen LogP contribution is -2.08. The maximum Gasteiger partial charge on any atom is 0.305 e. The van der Waals surface area contributed by atoms with Crippen molar-refractivity contribution in [3.63, 3.8) is 0 Å². The summed E-state index contributed by atoms with van der Waals surface area (Å²) in [5, 5.41) is 0. The summed E-state index contributed by atoms with van der Waals surface area (Å²) in [7, 11) is 0. The molecular weight excluding hydrogens is 280 g/mol. The molecule has 0 rings (SSSR count). The molecule has 4 nitrogen and oxygen atoms in total. The molecule has 4 heteroatoms. The van der Waals surface area contributed by atoms with Crippen molar-refractivity contribution in [2.75, 3.05) is 13.2 Å². The van der Waals surface area contributed by atoms with Crippen molar-refractivity contribution in [1.29, 1.82) is 0 Å². The Morgan fingerprint density at radius 2 is 1.00 bits per heavy atom. The highest BCUT2D eigenvalue weighted by molar-refractivity contribution is 5.69. The van der Waals surface area contributed by atoms with Crippen LogP contribution in [0.4, 0.5) is 0 Å². The summed E-state index contributed by atoms with van der Waals surface area (Å²) in [6.45, 7) is 5.16. The zero-order valence-electron chi connectivity index (χ0n) is 14.5. The molecule has 0 bridgehead atoms. The molecule has 0 aromatic carbocycles. The largest absolute Gasteiger partial charge is 0.466 e. The van der Waals surface area contributed by atoms with Gasteiger partial charge in [-0.05, 0) is 25.7 Å². The van der Waals surface area contributed by atoms with Crippen LogP contribution >= 0.6 is 0 Å². The van der Waals surface area contributed by atoms with Gasteiger partial charge >= 0.3 is 11.9 Å². The van der Waals surface area contributed by atoms with Gasteiger partial charge in [0.2, 0.25) is 0 Å². The normalized spacial score (nSPS) is 10.5. The summed E-state index contributed by atoms with van der Waals surface area (Å²) in [4.78, 5) is 22.8. The SMILES string of the molecule is CCCCCCC(=O)OCCCCOC(=O)CCCCCC. The van der Waals surface area contributed by atoms with Crippen LogP contribution in [0.5, 0.6) is 0 Å². The Morgan fingerprint density at radius 3 is 1.36 bits per heavy atom. The molecule has 0 aliphatic heterocycles. The lowest BCUT2D eigenvalue weighted by Gasteiger charge is -2.06. The zero-order chi connectivity index (χ0) is 16.5.